The van der Waals surface area contributed by atoms with Crippen molar-refractivity contribution in [1.29, 1.82) is 0 Å². The van der Waals surface area contributed by atoms with E-state index in [1.54, 1.807) is 7.11 Å². The van der Waals surface area contributed by atoms with E-state index in [1.807, 2.05) is 39.8 Å². The zero-order valence-corrected chi connectivity index (χ0v) is 18.0. The highest BCUT2D eigenvalue weighted by molar-refractivity contribution is 7.99. The molecule has 0 radical (unpaired) electrons. The summed E-state index contributed by atoms with van der Waals surface area (Å²) in [5.41, 5.74) is 1.13. The highest BCUT2D eigenvalue weighted by Crippen LogP contribution is 2.34. The fourth-order valence-corrected chi connectivity index (χ4v) is 5.72. The van der Waals surface area contributed by atoms with Crippen molar-refractivity contribution < 1.29 is 14.3 Å². The van der Waals surface area contributed by atoms with Crippen LogP contribution >= 0.6 is 11.8 Å². The van der Waals surface area contributed by atoms with Gasteiger partial charge in [0.05, 0.1) is 25.7 Å². The smallest absolute Gasteiger partial charge is 0.239 e. The Labute approximate surface area is 177 Å². The monoisotopic (exact) mass is 417 g/mol. The quantitative estimate of drug-likeness (QED) is 0.736. The number of carbonyl (C=O) groups excluding carboxylic acids is 2. The van der Waals surface area contributed by atoms with Gasteiger partial charge in [-0.05, 0) is 49.9 Å². The zero-order chi connectivity index (χ0) is 20.2. The van der Waals surface area contributed by atoms with E-state index in [0.29, 0.717) is 6.54 Å². The third kappa shape index (κ3) is 4.56. The molecule has 2 atom stereocenters. The standard InChI is InChI=1S/C22H31N3O3S/c1-28-18-6-2-5-17(15-18)19-7-4-10-25(19)21(26)16-24-9-3-8-20(24)22(27)23-11-13-29-14-12-23/h2,5-6,15,19-20H,3-4,7-14,16H2,1H3. The fourth-order valence-electron chi connectivity index (χ4n) is 4.81. The van der Waals surface area contributed by atoms with E-state index in [0.717, 1.165) is 74.7 Å². The Morgan fingerprint density at radius 2 is 1.90 bits per heavy atom. The van der Waals surface area contributed by atoms with Gasteiger partial charge in [-0.3, -0.25) is 14.5 Å². The Morgan fingerprint density at radius 3 is 2.69 bits per heavy atom. The van der Waals surface area contributed by atoms with Crippen molar-refractivity contribution in [2.24, 2.45) is 0 Å². The average Bonchev–Trinajstić information content (AvgIpc) is 3.43. The van der Waals surface area contributed by atoms with Gasteiger partial charge < -0.3 is 14.5 Å². The van der Waals surface area contributed by atoms with Crippen LogP contribution in [0, 0.1) is 0 Å². The number of likely N-dealkylation sites (tertiary alicyclic amines) is 2. The normalized spacial score (nSPS) is 25.4. The molecule has 158 valence electrons. The van der Waals surface area contributed by atoms with Gasteiger partial charge in [-0.15, -0.1) is 0 Å². The molecule has 3 heterocycles. The van der Waals surface area contributed by atoms with Gasteiger partial charge in [0.15, 0.2) is 0 Å². The number of rotatable bonds is 5. The minimum absolute atomic E-state index is 0.105. The Hall–Kier alpha value is -1.73. The molecule has 3 saturated heterocycles. The topological polar surface area (TPSA) is 53.1 Å². The van der Waals surface area contributed by atoms with E-state index < -0.39 is 0 Å². The first kappa shape index (κ1) is 20.5. The van der Waals surface area contributed by atoms with Gasteiger partial charge in [0.25, 0.3) is 0 Å². The van der Waals surface area contributed by atoms with Crippen LogP contribution in [0.2, 0.25) is 0 Å². The maximum atomic E-state index is 13.2. The fraction of sp³-hybridized carbons (Fsp3) is 0.636. The van der Waals surface area contributed by atoms with Gasteiger partial charge in [0.1, 0.15) is 5.75 Å². The van der Waals surface area contributed by atoms with Crippen molar-refractivity contribution in [3.05, 3.63) is 29.8 Å². The molecule has 0 N–H and O–H groups in total. The van der Waals surface area contributed by atoms with Crippen LogP contribution < -0.4 is 4.74 Å². The summed E-state index contributed by atoms with van der Waals surface area (Å²) < 4.78 is 5.36. The molecule has 7 heteroatoms. The first-order valence-electron chi connectivity index (χ1n) is 10.7. The molecule has 2 unspecified atom stereocenters. The van der Waals surface area contributed by atoms with Crippen molar-refractivity contribution in [1.82, 2.24) is 14.7 Å². The summed E-state index contributed by atoms with van der Waals surface area (Å²) in [5.74, 6) is 3.23. The molecule has 0 aliphatic carbocycles. The molecule has 1 aromatic carbocycles. The number of ether oxygens (including phenoxy) is 1. The molecule has 2 amide bonds. The molecule has 3 aliphatic heterocycles. The Balaban J connectivity index is 1.41. The molecule has 6 nitrogen and oxygen atoms in total. The summed E-state index contributed by atoms with van der Waals surface area (Å²) >= 11 is 1.91. The second-order valence-electron chi connectivity index (χ2n) is 8.09. The summed E-state index contributed by atoms with van der Waals surface area (Å²) in [5, 5.41) is 0. The van der Waals surface area contributed by atoms with E-state index in [4.69, 9.17) is 4.74 Å². The second kappa shape index (κ2) is 9.39. The Bertz CT molecular complexity index is 738. The number of thioether (sulfide) groups is 1. The van der Waals surface area contributed by atoms with Gasteiger partial charge in [-0.25, -0.2) is 0 Å². The van der Waals surface area contributed by atoms with Gasteiger partial charge in [0, 0.05) is 31.1 Å². The number of carbonyl (C=O) groups is 2. The minimum Gasteiger partial charge on any atom is -0.497 e. The van der Waals surface area contributed by atoms with Gasteiger partial charge in [-0.1, -0.05) is 12.1 Å². The lowest BCUT2D eigenvalue weighted by Gasteiger charge is -2.33. The molecule has 0 spiro atoms. The van der Waals surface area contributed by atoms with Crippen LogP contribution in [0.4, 0.5) is 0 Å². The van der Waals surface area contributed by atoms with Crippen molar-refractivity contribution in [2.75, 3.05) is 51.3 Å². The number of benzene rings is 1. The lowest BCUT2D eigenvalue weighted by molar-refractivity contribution is -0.138. The van der Waals surface area contributed by atoms with Crippen LogP contribution in [0.25, 0.3) is 0 Å². The molecule has 3 fully saturated rings. The minimum atomic E-state index is -0.125. The van der Waals surface area contributed by atoms with E-state index in [1.165, 1.54) is 0 Å². The van der Waals surface area contributed by atoms with E-state index in [9.17, 15) is 9.59 Å². The van der Waals surface area contributed by atoms with Gasteiger partial charge in [0.2, 0.25) is 11.8 Å². The number of nitrogens with zero attached hydrogens (tertiary/aromatic N) is 3. The molecule has 0 aromatic heterocycles. The van der Waals surface area contributed by atoms with E-state index >= 15 is 0 Å². The summed E-state index contributed by atoms with van der Waals surface area (Å²) in [6, 6.07) is 8.02. The predicted octanol–water partition coefficient (Wildman–Crippen LogP) is 2.40. The third-order valence-corrected chi connectivity index (χ3v) is 7.30. The highest BCUT2D eigenvalue weighted by atomic mass is 32.2. The summed E-state index contributed by atoms with van der Waals surface area (Å²) in [6.45, 7) is 3.65. The lowest BCUT2D eigenvalue weighted by Crippen LogP contribution is -2.50. The summed E-state index contributed by atoms with van der Waals surface area (Å²) in [7, 11) is 1.67. The number of methoxy groups -OCH3 is 1. The largest absolute Gasteiger partial charge is 0.497 e. The molecular weight excluding hydrogens is 386 g/mol. The van der Waals surface area contributed by atoms with Crippen LogP contribution in [0.3, 0.4) is 0 Å². The Kier molecular flexibility index (Phi) is 6.65. The zero-order valence-electron chi connectivity index (χ0n) is 17.2. The first-order valence-corrected chi connectivity index (χ1v) is 11.9. The SMILES string of the molecule is COc1cccc(C2CCCN2C(=O)CN2CCCC2C(=O)N2CCSCC2)c1. The summed E-state index contributed by atoms with van der Waals surface area (Å²) in [6.07, 6.45) is 3.86. The molecule has 0 saturated carbocycles. The number of amides is 2. The maximum Gasteiger partial charge on any atom is 0.239 e. The molecule has 3 aliphatic rings. The van der Waals surface area contributed by atoms with E-state index in [-0.39, 0.29) is 23.9 Å². The van der Waals surface area contributed by atoms with Crippen LogP contribution in [-0.4, -0.2) is 83.9 Å². The molecule has 4 rings (SSSR count). The van der Waals surface area contributed by atoms with E-state index in [2.05, 4.69) is 11.0 Å². The van der Waals surface area contributed by atoms with Crippen LogP contribution in [0.15, 0.2) is 24.3 Å². The van der Waals surface area contributed by atoms with Crippen molar-refractivity contribution in [3.8, 4) is 5.75 Å². The van der Waals surface area contributed by atoms with Crippen molar-refractivity contribution >= 4 is 23.6 Å². The van der Waals surface area contributed by atoms with Crippen molar-refractivity contribution in [3.63, 3.8) is 0 Å². The van der Waals surface area contributed by atoms with Crippen LogP contribution in [0.1, 0.15) is 37.3 Å². The van der Waals surface area contributed by atoms with Crippen LogP contribution in [0.5, 0.6) is 5.75 Å². The average molecular weight is 418 g/mol. The molecule has 29 heavy (non-hydrogen) atoms. The number of hydrogen-bond acceptors (Lipinski definition) is 5. The van der Waals surface area contributed by atoms with Gasteiger partial charge in [-0.2, -0.15) is 11.8 Å². The summed E-state index contributed by atoms with van der Waals surface area (Å²) in [4.78, 5) is 32.3. The highest BCUT2D eigenvalue weighted by Gasteiger charge is 2.37. The van der Waals surface area contributed by atoms with Crippen LogP contribution in [-0.2, 0) is 9.59 Å². The molecule has 1 aromatic rings. The number of hydrogen-bond donors (Lipinski definition) is 0. The van der Waals surface area contributed by atoms with Gasteiger partial charge >= 0.3 is 0 Å². The van der Waals surface area contributed by atoms with Crippen molar-refractivity contribution in [2.45, 2.75) is 37.8 Å². The first-order chi connectivity index (χ1) is 14.2. The maximum absolute atomic E-state index is 13.2. The molecular formula is C22H31N3O3S. The second-order valence-corrected chi connectivity index (χ2v) is 9.31. The third-order valence-electron chi connectivity index (χ3n) is 6.36. The predicted molar refractivity (Wildman–Crippen MR) is 115 cm³/mol. The lowest BCUT2D eigenvalue weighted by atomic mass is 10.0. The Morgan fingerprint density at radius 1 is 1.10 bits per heavy atom. The molecule has 0 bridgehead atoms.